The predicted molar refractivity (Wildman–Crippen MR) is 79.1 cm³/mol. The number of aryl methyl sites for hydroxylation is 1. The van der Waals surface area contributed by atoms with Crippen molar-refractivity contribution in [1.29, 1.82) is 0 Å². The van der Waals surface area contributed by atoms with Gasteiger partial charge in [0.15, 0.2) is 0 Å². The Balaban J connectivity index is 3.00. The molecule has 0 aliphatic carbocycles. The van der Waals surface area contributed by atoms with Crippen LogP contribution in [0, 0.1) is 6.92 Å². The van der Waals surface area contributed by atoms with Crippen LogP contribution in [0.15, 0.2) is 12.3 Å². The van der Waals surface area contributed by atoms with Crippen molar-refractivity contribution in [2.24, 2.45) is 0 Å². The molecular formula is C15H25N3O. The average Bonchev–Trinajstić information content (AvgIpc) is 2.41. The van der Waals surface area contributed by atoms with Crippen LogP contribution in [0.5, 0.6) is 0 Å². The number of nitrogen functional groups attached to an aromatic ring is 1. The molecule has 1 rings (SSSR count). The maximum atomic E-state index is 12.7. The van der Waals surface area contributed by atoms with Crippen LogP contribution in [0.2, 0.25) is 0 Å². The fourth-order valence-corrected chi connectivity index (χ4v) is 1.99. The molecule has 4 heteroatoms. The van der Waals surface area contributed by atoms with Crippen LogP contribution in [-0.4, -0.2) is 28.4 Å². The van der Waals surface area contributed by atoms with Gasteiger partial charge in [-0.1, -0.05) is 20.3 Å². The summed E-state index contributed by atoms with van der Waals surface area (Å²) in [6.07, 6.45) is 4.63. The van der Waals surface area contributed by atoms with Crippen molar-refractivity contribution in [1.82, 2.24) is 9.88 Å². The molecule has 0 saturated carbocycles. The Labute approximate surface area is 116 Å². The van der Waals surface area contributed by atoms with E-state index in [0.29, 0.717) is 11.3 Å². The summed E-state index contributed by atoms with van der Waals surface area (Å²) in [5, 5.41) is 0. The van der Waals surface area contributed by atoms with E-state index in [9.17, 15) is 4.79 Å². The number of hydrogen-bond acceptors (Lipinski definition) is 3. The van der Waals surface area contributed by atoms with Gasteiger partial charge in [0.05, 0.1) is 23.1 Å². The summed E-state index contributed by atoms with van der Waals surface area (Å²) in [4.78, 5) is 18.8. The normalized spacial score (nSPS) is 12.2. The van der Waals surface area contributed by atoms with Crippen LogP contribution in [0.4, 0.5) is 5.69 Å². The highest BCUT2D eigenvalue weighted by Gasteiger charge is 2.21. The molecular weight excluding hydrogens is 238 g/mol. The summed E-state index contributed by atoms with van der Waals surface area (Å²) in [6.45, 7) is 8.95. The zero-order chi connectivity index (χ0) is 14.4. The maximum absolute atomic E-state index is 12.7. The highest BCUT2D eigenvalue weighted by Crippen LogP contribution is 2.16. The molecule has 1 heterocycles. The van der Waals surface area contributed by atoms with Gasteiger partial charge in [-0.2, -0.15) is 0 Å². The Kier molecular flexibility index (Phi) is 5.80. The average molecular weight is 263 g/mol. The monoisotopic (exact) mass is 263 g/mol. The first kappa shape index (κ1) is 15.5. The van der Waals surface area contributed by atoms with Gasteiger partial charge in [0, 0.05) is 12.6 Å². The minimum Gasteiger partial charge on any atom is -0.397 e. The smallest absolute Gasteiger partial charge is 0.256 e. The molecule has 1 amide bonds. The molecule has 2 N–H and O–H groups in total. The summed E-state index contributed by atoms with van der Waals surface area (Å²) in [6, 6.07) is 1.96. The van der Waals surface area contributed by atoms with Crippen molar-refractivity contribution in [3.63, 3.8) is 0 Å². The molecule has 0 bridgehead atoms. The van der Waals surface area contributed by atoms with Crippen molar-refractivity contribution in [2.75, 3.05) is 12.3 Å². The fraction of sp³-hybridized carbons (Fsp3) is 0.600. The number of carbonyl (C=O) groups excluding carboxylic acids is 1. The standard InChI is InChI=1S/C15H25N3O/c1-5-7-8-18(11(3)6-2)15(19)14-9-13(16)10-17-12(14)4/h9-11H,5-8,16H2,1-4H3. The summed E-state index contributed by atoms with van der Waals surface area (Å²) in [5.41, 5.74) is 7.64. The molecule has 1 unspecified atom stereocenters. The zero-order valence-electron chi connectivity index (χ0n) is 12.4. The molecule has 1 atom stereocenters. The molecule has 0 spiro atoms. The molecule has 4 nitrogen and oxygen atoms in total. The second-order valence-corrected chi connectivity index (χ2v) is 5.01. The second kappa shape index (κ2) is 7.12. The van der Waals surface area contributed by atoms with E-state index < -0.39 is 0 Å². The first-order valence-corrected chi connectivity index (χ1v) is 7.04. The molecule has 0 aromatic carbocycles. The molecule has 0 saturated heterocycles. The summed E-state index contributed by atoms with van der Waals surface area (Å²) < 4.78 is 0. The summed E-state index contributed by atoms with van der Waals surface area (Å²) >= 11 is 0. The first-order valence-electron chi connectivity index (χ1n) is 7.04. The van der Waals surface area contributed by atoms with Gasteiger partial charge in [0.2, 0.25) is 0 Å². The van der Waals surface area contributed by atoms with Crippen LogP contribution >= 0.6 is 0 Å². The van der Waals surface area contributed by atoms with Crippen LogP contribution in [-0.2, 0) is 0 Å². The number of pyridine rings is 1. The lowest BCUT2D eigenvalue weighted by Gasteiger charge is -2.29. The Hall–Kier alpha value is -1.58. The van der Waals surface area contributed by atoms with Gasteiger partial charge in [0.25, 0.3) is 5.91 Å². The largest absolute Gasteiger partial charge is 0.397 e. The van der Waals surface area contributed by atoms with Gasteiger partial charge in [-0.15, -0.1) is 0 Å². The fourth-order valence-electron chi connectivity index (χ4n) is 1.99. The third-order valence-corrected chi connectivity index (χ3v) is 3.47. The van der Waals surface area contributed by atoms with Crippen LogP contribution in [0.25, 0.3) is 0 Å². The van der Waals surface area contributed by atoms with Crippen molar-refractivity contribution in [3.05, 3.63) is 23.5 Å². The topological polar surface area (TPSA) is 59.2 Å². The third-order valence-electron chi connectivity index (χ3n) is 3.47. The Morgan fingerprint density at radius 3 is 2.74 bits per heavy atom. The Morgan fingerprint density at radius 2 is 2.16 bits per heavy atom. The van der Waals surface area contributed by atoms with E-state index >= 15 is 0 Å². The molecule has 0 aliphatic heterocycles. The summed E-state index contributed by atoms with van der Waals surface area (Å²) in [7, 11) is 0. The molecule has 1 aromatic rings. The van der Waals surface area contributed by atoms with E-state index in [4.69, 9.17) is 5.73 Å². The second-order valence-electron chi connectivity index (χ2n) is 5.01. The van der Waals surface area contributed by atoms with Crippen LogP contribution in [0.1, 0.15) is 56.1 Å². The van der Waals surface area contributed by atoms with E-state index in [1.54, 1.807) is 12.3 Å². The quantitative estimate of drug-likeness (QED) is 0.858. The number of rotatable bonds is 6. The van der Waals surface area contributed by atoms with Crippen molar-refractivity contribution in [2.45, 2.75) is 53.0 Å². The van der Waals surface area contributed by atoms with Gasteiger partial charge in [0.1, 0.15) is 0 Å². The van der Waals surface area contributed by atoms with E-state index in [2.05, 4.69) is 25.8 Å². The van der Waals surface area contributed by atoms with Gasteiger partial charge in [-0.3, -0.25) is 9.78 Å². The van der Waals surface area contributed by atoms with Crippen molar-refractivity contribution >= 4 is 11.6 Å². The minimum absolute atomic E-state index is 0.0418. The van der Waals surface area contributed by atoms with E-state index in [0.717, 1.165) is 31.5 Å². The molecule has 0 aliphatic rings. The maximum Gasteiger partial charge on any atom is 0.256 e. The number of amides is 1. The van der Waals surface area contributed by atoms with Gasteiger partial charge >= 0.3 is 0 Å². The Morgan fingerprint density at radius 1 is 1.47 bits per heavy atom. The lowest BCUT2D eigenvalue weighted by Crippen LogP contribution is -2.39. The number of nitrogens with two attached hydrogens (primary N) is 1. The van der Waals surface area contributed by atoms with Crippen molar-refractivity contribution in [3.8, 4) is 0 Å². The number of nitrogens with zero attached hydrogens (tertiary/aromatic N) is 2. The van der Waals surface area contributed by atoms with E-state index in [-0.39, 0.29) is 11.9 Å². The van der Waals surface area contributed by atoms with Crippen molar-refractivity contribution < 1.29 is 4.79 Å². The number of hydrogen-bond donors (Lipinski definition) is 1. The van der Waals surface area contributed by atoms with Gasteiger partial charge < -0.3 is 10.6 Å². The highest BCUT2D eigenvalue weighted by atomic mass is 16.2. The predicted octanol–water partition coefficient (Wildman–Crippen LogP) is 3.01. The lowest BCUT2D eigenvalue weighted by atomic mass is 10.1. The van der Waals surface area contributed by atoms with Gasteiger partial charge in [-0.25, -0.2) is 0 Å². The zero-order valence-corrected chi connectivity index (χ0v) is 12.4. The van der Waals surface area contributed by atoms with E-state index in [1.807, 2.05) is 11.8 Å². The van der Waals surface area contributed by atoms with E-state index in [1.165, 1.54) is 0 Å². The molecule has 106 valence electrons. The number of unbranched alkanes of at least 4 members (excludes halogenated alkanes) is 1. The third kappa shape index (κ3) is 3.94. The number of anilines is 1. The highest BCUT2D eigenvalue weighted by molar-refractivity contribution is 5.96. The Bertz CT molecular complexity index is 431. The molecule has 0 fully saturated rings. The molecule has 1 aromatic heterocycles. The molecule has 19 heavy (non-hydrogen) atoms. The summed E-state index contributed by atoms with van der Waals surface area (Å²) in [5.74, 6) is 0.0418. The number of aromatic nitrogens is 1. The lowest BCUT2D eigenvalue weighted by molar-refractivity contribution is 0.0684. The SMILES string of the molecule is CCCCN(C(=O)c1cc(N)cnc1C)C(C)CC. The minimum atomic E-state index is 0.0418. The van der Waals surface area contributed by atoms with Crippen LogP contribution in [0.3, 0.4) is 0 Å². The van der Waals surface area contributed by atoms with Gasteiger partial charge in [-0.05, 0) is 32.8 Å². The van der Waals surface area contributed by atoms with Crippen LogP contribution < -0.4 is 5.73 Å². The first-order chi connectivity index (χ1) is 9.01. The number of carbonyl (C=O) groups is 1. The molecule has 0 radical (unpaired) electrons.